The first-order valence-electron chi connectivity index (χ1n) is 7.84. The number of hydrogen-bond donors (Lipinski definition) is 2. The first-order chi connectivity index (χ1) is 10.9. The van der Waals surface area contributed by atoms with Crippen LogP contribution in [-0.2, 0) is 11.3 Å². The molecule has 0 spiro atoms. The molecule has 1 fully saturated rings. The molecule has 6 heteroatoms. The van der Waals surface area contributed by atoms with Gasteiger partial charge in [-0.1, -0.05) is 12.1 Å². The molecule has 23 heavy (non-hydrogen) atoms. The topological polar surface area (TPSA) is 78.9 Å². The molecule has 1 heterocycles. The number of amides is 2. The number of urea groups is 1. The molecule has 0 bridgehead atoms. The maximum absolute atomic E-state index is 12.3. The molecule has 2 amide bonds. The summed E-state index contributed by atoms with van der Waals surface area (Å²) in [5.74, 6) is -0.952. The predicted molar refractivity (Wildman–Crippen MR) is 86.5 cm³/mol. The molecule has 126 valence electrons. The Bertz CT molecular complexity index is 558. The fourth-order valence-corrected chi connectivity index (χ4v) is 2.71. The molecule has 1 unspecified atom stereocenters. The maximum Gasteiger partial charge on any atom is 0.335 e. The molecule has 1 atom stereocenters. The molecular weight excluding hydrogens is 296 g/mol. The Morgan fingerprint density at radius 3 is 2.57 bits per heavy atom. The minimum atomic E-state index is -0.952. The van der Waals surface area contributed by atoms with Crippen LogP contribution in [0.25, 0.3) is 0 Å². The van der Waals surface area contributed by atoms with Crippen molar-refractivity contribution in [1.82, 2.24) is 10.2 Å². The van der Waals surface area contributed by atoms with Crippen LogP contribution in [-0.4, -0.2) is 47.8 Å². The lowest BCUT2D eigenvalue weighted by Crippen LogP contribution is -2.40. The first-order valence-corrected chi connectivity index (χ1v) is 7.84. The van der Waals surface area contributed by atoms with Crippen molar-refractivity contribution in [2.24, 2.45) is 0 Å². The average molecular weight is 320 g/mol. The highest BCUT2D eigenvalue weighted by atomic mass is 16.5. The highest BCUT2D eigenvalue weighted by molar-refractivity contribution is 5.87. The van der Waals surface area contributed by atoms with Crippen molar-refractivity contribution in [2.75, 3.05) is 20.2 Å². The second-order valence-electron chi connectivity index (χ2n) is 6.16. The van der Waals surface area contributed by atoms with Gasteiger partial charge in [0.2, 0.25) is 0 Å². The number of carbonyl (C=O) groups is 2. The summed E-state index contributed by atoms with van der Waals surface area (Å²) in [4.78, 5) is 24.9. The summed E-state index contributed by atoms with van der Waals surface area (Å²) in [5, 5.41) is 11.8. The minimum absolute atomic E-state index is 0.0901. The lowest BCUT2D eigenvalue weighted by atomic mass is 9.97. The Hall–Kier alpha value is -2.08. The van der Waals surface area contributed by atoms with Gasteiger partial charge in [-0.3, -0.25) is 0 Å². The molecule has 1 aliphatic heterocycles. The fourth-order valence-electron chi connectivity index (χ4n) is 2.71. The third kappa shape index (κ3) is 4.69. The molecular formula is C17H24N2O4. The van der Waals surface area contributed by atoms with E-state index in [-0.39, 0.29) is 17.2 Å². The number of likely N-dealkylation sites (tertiary alicyclic amines) is 1. The summed E-state index contributed by atoms with van der Waals surface area (Å²) in [6.07, 6.45) is 2.69. The van der Waals surface area contributed by atoms with Crippen LogP contribution in [0, 0.1) is 0 Å². The van der Waals surface area contributed by atoms with E-state index in [4.69, 9.17) is 9.84 Å². The number of rotatable bonds is 4. The molecule has 1 aliphatic rings. The number of ether oxygens (including phenoxy) is 1. The highest BCUT2D eigenvalue weighted by Crippen LogP contribution is 2.25. The van der Waals surface area contributed by atoms with Gasteiger partial charge < -0.3 is 20.1 Å². The van der Waals surface area contributed by atoms with Gasteiger partial charge in [0.25, 0.3) is 0 Å². The van der Waals surface area contributed by atoms with E-state index in [1.54, 1.807) is 31.4 Å². The third-order valence-corrected chi connectivity index (χ3v) is 4.47. The smallest absolute Gasteiger partial charge is 0.335 e. The normalized spacial score (nSPS) is 21.6. The van der Waals surface area contributed by atoms with Gasteiger partial charge in [0, 0.05) is 26.7 Å². The number of carboxylic acids is 1. The van der Waals surface area contributed by atoms with Gasteiger partial charge in [0.15, 0.2) is 0 Å². The number of aromatic carboxylic acids is 1. The average Bonchev–Trinajstić information content (AvgIpc) is 2.75. The Balaban J connectivity index is 1.86. The van der Waals surface area contributed by atoms with Gasteiger partial charge in [-0.05, 0) is 43.9 Å². The van der Waals surface area contributed by atoms with Gasteiger partial charge in [0.1, 0.15) is 0 Å². The molecule has 6 nitrogen and oxygen atoms in total. The molecule has 0 saturated carbocycles. The SMILES string of the molecule is COC1(C)CCCN(C(=O)NCc2ccc(C(=O)O)cc2)CC1. The Kier molecular flexibility index (Phi) is 5.60. The predicted octanol–water partition coefficient (Wildman–Crippen LogP) is 2.49. The first kappa shape index (κ1) is 17.3. The summed E-state index contributed by atoms with van der Waals surface area (Å²) >= 11 is 0. The molecule has 1 aromatic rings. The minimum Gasteiger partial charge on any atom is -0.478 e. The van der Waals surface area contributed by atoms with E-state index in [2.05, 4.69) is 12.2 Å². The van der Waals surface area contributed by atoms with E-state index in [1.165, 1.54) is 0 Å². The van der Waals surface area contributed by atoms with Crippen LogP contribution >= 0.6 is 0 Å². The Labute approximate surface area is 136 Å². The largest absolute Gasteiger partial charge is 0.478 e. The summed E-state index contributed by atoms with van der Waals surface area (Å²) in [5.41, 5.74) is 0.966. The van der Waals surface area contributed by atoms with E-state index in [0.29, 0.717) is 13.1 Å². The molecule has 2 rings (SSSR count). The van der Waals surface area contributed by atoms with Crippen LogP contribution in [0.1, 0.15) is 42.1 Å². The van der Waals surface area contributed by atoms with Gasteiger partial charge >= 0.3 is 12.0 Å². The molecule has 0 aliphatic carbocycles. The number of methoxy groups -OCH3 is 1. The number of nitrogens with one attached hydrogen (secondary N) is 1. The zero-order valence-electron chi connectivity index (χ0n) is 13.7. The lowest BCUT2D eigenvalue weighted by molar-refractivity contribution is -0.00500. The second-order valence-corrected chi connectivity index (χ2v) is 6.16. The molecule has 2 N–H and O–H groups in total. The summed E-state index contributed by atoms with van der Waals surface area (Å²) in [6, 6.07) is 6.43. The van der Waals surface area contributed by atoms with Crippen molar-refractivity contribution in [3.63, 3.8) is 0 Å². The van der Waals surface area contributed by atoms with Crippen molar-refractivity contribution in [3.8, 4) is 0 Å². The van der Waals surface area contributed by atoms with Crippen LogP contribution in [0.3, 0.4) is 0 Å². The zero-order valence-corrected chi connectivity index (χ0v) is 13.7. The lowest BCUT2D eigenvalue weighted by Gasteiger charge is -2.26. The van der Waals surface area contributed by atoms with E-state index in [0.717, 1.165) is 31.4 Å². The van der Waals surface area contributed by atoms with Gasteiger partial charge in [0.05, 0.1) is 11.2 Å². The number of nitrogens with zero attached hydrogens (tertiary/aromatic N) is 1. The summed E-state index contributed by atoms with van der Waals surface area (Å²) < 4.78 is 5.54. The molecule has 1 saturated heterocycles. The number of hydrogen-bond acceptors (Lipinski definition) is 3. The summed E-state index contributed by atoms with van der Waals surface area (Å²) in [7, 11) is 1.72. The van der Waals surface area contributed by atoms with Crippen molar-refractivity contribution in [3.05, 3.63) is 35.4 Å². The van der Waals surface area contributed by atoms with Gasteiger partial charge in [-0.15, -0.1) is 0 Å². The van der Waals surface area contributed by atoms with E-state index in [1.807, 2.05) is 4.90 Å². The van der Waals surface area contributed by atoms with Crippen molar-refractivity contribution < 1.29 is 19.4 Å². The Morgan fingerprint density at radius 1 is 1.26 bits per heavy atom. The second kappa shape index (κ2) is 7.46. The van der Waals surface area contributed by atoms with Crippen LogP contribution in [0.5, 0.6) is 0 Å². The van der Waals surface area contributed by atoms with Crippen LogP contribution in [0.15, 0.2) is 24.3 Å². The van der Waals surface area contributed by atoms with Crippen molar-refractivity contribution >= 4 is 12.0 Å². The Morgan fingerprint density at radius 2 is 1.96 bits per heavy atom. The highest BCUT2D eigenvalue weighted by Gasteiger charge is 2.28. The fraction of sp³-hybridized carbons (Fsp3) is 0.529. The van der Waals surface area contributed by atoms with Crippen LogP contribution in [0.4, 0.5) is 4.79 Å². The van der Waals surface area contributed by atoms with E-state index < -0.39 is 5.97 Å². The van der Waals surface area contributed by atoms with Crippen molar-refractivity contribution in [2.45, 2.75) is 38.3 Å². The number of benzene rings is 1. The molecule has 0 aromatic heterocycles. The third-order valence-electron chi connectivity index (χ3n) is 4.47. The monoisotopic (exact) mass is 320 g/mol. The molecule has 0 radical (unpaired) electrons. The molecule has 1 aromatic carbocycles. The number of carboxylic acid groups (broad SMARTS) is 1. The van der Waals surface area contributed by atoms with E-state index in [9.17, 15) is 9.59 Å². The van der Waals surface area contributed by atoms with Gasteiger partial charge in [-0.2, -0.15) is 0 Å². The van der Waals surface area contributed by atoms with Gasteiger partial charge in [-0.25, -0.2) is 9.59 Å². The van der Waals surface area contributed by atoms with Crippen LogP contribution in [0.2, 0.25) is 0 Å². The van der Waals surface area contributed by atoms with E-state index >= 15 is 0 Å². The number of carbonyl (C=O) groups excluding carboxylic acids is 1. The van der Waals surface area contributed by atoms with Crippen molar-refractivity contribution in [1.29, 1.82) is 0 Å². The summed E-state index contributed by atoms with van der Waals surface area (Å²) in [6.45, 7) is 3.87. The zero-order chi connectivity index (χ0) is 16.9. The maximum atomic E-state index is 12.3. The standard InChI is InChI=1S/C17H24N2O4/c1-17(23-2)8-3-10-19(11-9-17)16(22)18-12-13-4-6-14(7-5-13)15(20)21/h4-7H,3,8-12H2,1-2H3,(H,18,22)(H,20,21). The quantitative estimate of drug-likeness (QED) is 0.893. The van der Waals surface area contributed by atoms with Crippen LogP contribution < -0.4 is 5.32 Å².